The van der Waals surface area contributed by atoms with Gasteiger partial charge in [0.05, 0.1) is 25.7 Å². The van der Waals surface area contributed by atoms with Gasteiger partial charge in [-0.25, -0.2) is 0 Å². The average Bonchev–Trinajstić information content (AvgIpc) is 2.67. The minimum Gasteiger partial charge on any atom is -0.480 e. The topological polar surface area (TPSA) is 144 Å². The molecule has 0 spiro atoms. The normalized spacial score (nSPS) is 12.1. The summed E-state index contributed by atoms with van der Waals surface area (Å²) in [6.07, 6.45) is 12.7. The van der Waals surface area contributed by atoms with E-state index in [9.17, 15) is 19.2 Å². The molecule has 1 unspecified atom stereocenters. The van der Waals surface area contributed by atoms with Crippen molar-refractivity contribution in [2.75, 3.05) is 26.2 Å². The molecule has 1 atom stereocenters. The molecule has 31 heavy (non-hydrogen) atoms. The molecule has 0 heterocycles. The number of carboxylic acids is 3. The van der Waals surface area contributed by atoms with Gasteiger partial charge in [0, 0.05) is 13.0 Å². The van der Waals surface area contributed by atoms with Gasteiger partial charge in [0.25, 0.3) is 0 Å². The quantitative estimate of drug-likeness (QED) is 0.185. The summed E-state index contributed by atoms with van der Waals surface area (Å²) in [5, 5.41) is 29.5. The molecule has 0 aromatic rings. The van der Waals surface area contributed by atoms with Crippen LogP contribution in [0, 0.1) is 0 Å². The standard InChI is InChI=1S/C22H40N2O7/c1-2-3-4-5-6-7-8-9-10-11-12-13-19(25)18(14-23-15-20(26)27)24(16-21(28)29)17-22(30)31/h18,23H,2-17H2,1H3,(H,26,27)(H,28,29)(H,30,31). The van der Waals surface area contributed by atoms with Gasteiger partial charge in [-0.05, 0) is 6.42 Å². The largest absolute Gasteiger partial charge is 0.480 e. The fourth-order valence-corrected chi connectivity index (χ4v) is 3.52. The molecule has 0 rings (SSSR count). The van der Waals surface area contributed by atoms with Gasteiger partial charge in [-0.15, -0.1) is 0 Å². The van der Waals surface area contributed by atoms with E-state index in [1.54, 1.807) is 0 Å². The molecule has 180 valence electrons. The number of carbonyl (C=O) groups excluding carboxylic acids is 1. The molecule has 0 aliphatic rings. The number of carbonyl (C=O) groups is 4. The maximum Gasteiger partial charge on any atom is 0.317 e. The number of nitrogens with zero attached hydrogens (tertiary/aromatic N) is 1. The predicted octanol–water partition coefficient (Wildman–Crippen LogP) is 2.77. The number of Topliss-reactive ketones (excluding diaryl/α,β-unsaturated/α-hetero) is 1. The molecule has 9 heteroatoms. The first kappa shape index (κ1) is 29.0. The third-order valence-electron chi connectivity index (χ3n) is 5.13. The zero-order valence-electron chi connectivity index (χ0n) is 18.8. The highest BCUT2D eigenvalue weighted by Crippen LogP contribution is 2.13. The van der Waals surface area contributed by atoms with Crippen molar-refractivity contribution in [3.05, 3.63) is 0 Å². The Morgan fingerprint density at radius 3 is 1.58 bits per heavy atom. The molecule has 0 bridgehead atoms. The monoisotopic (exact) mass is 444 g/mol. The summed E-state index contributed by atoms with van der Waals surface area (Å²) in [5.74, 6) is -3.87. The van der Waals surface area contributed by atoms with Crippen LogP contribution in [0.25, 0.3) is 0 Å². The second kappa shape index (κ2) is 18.7. The summed E-state index contributed by atoms with van der Waals surface area (Å²) in [4.78, 5) is 46.6. The molecule has 4 N–H and O–H groups in total. The van der Waals surface area contributed by atoms with E-state index >= 15 is 0 Å². The lowest BCUT2D eigenvalue weighted by Gasteiger charge is -2.28. The molecule has 0 aliphatic carbocycles. The molecule has 9 nitrogen and oxygen atoms in total. The van der Waals surface area contributed by atoms with E-state index in [4.69, 9.17) is 15.3 Å². The SMILES string of the molecule is CCCCCCCCCCCCCC(=O)C(CNCC(=O)O)N(CC(=O)O)CC(=O)O. The van der Waals surface area contributed by atoms with E-state index < -0.39 is 43.6 Å². The fraction of sp³-hybridized carbons (Fsp3) is 0.818. The highest BCUT2D eigenvalue weighted by atomic mass is 16.4. The summed E-state index contributed by atoms with van der Waals surface area (Å²) in [5.41, 5.74) is 0. The lowest BCUT2D eigenvalue weighted by Crippen LogP contribution is -2.51. The van der Waals surface area contributed by atoms with Crippen LogP contribution in [0.2, 0.25) is 0 Å². The molecule has 0 aromatic carbocycles. The van der Waals surface area contributed by atoms with Crippen molar-refractivity contribution in [2.45, 2.75) is 90.0 Å². The number of hydrogen-bond donors (Lipinski definition) is 4. The Bertz CT molecular complexity index is 524. The Balaban J connectivity index is 4.40. The van der Waals surface area contributed by atoms with Crippen LogP contribution in [-0.2, 0) is 19.2 Å². The van der Waals surface area contributed by atoms with E-state index in [1.807, 2.05) is 0 Å². The Morgan fingerprint density at radius 2 is 1.16 bits per heavy atom. The van der Waals surface area contributed by atoms with Gasteiger partial charge in [0.15, 0.2) is 5.78 Å². The van der Waals surface area contributed by atoms with Crippen molar-refractivity contribution in [3.8, 4) is 0 Å². The van der Waals surface area contributed by atoms with Crippen LogP contribution >= 0.6 is 0 Å². The van der Waals surface area contributed by atoms with Crippen molar-refractivity contribution < 1.29 is 34.5 Å². The van der Waals surface area contributed by atoms with Crippen molar-refractivity contribution in [3.63, 3.8) is 0 Å². The summed E-state index contributed by atoms with van der Waals surface area (Å²) in [7, 11) is 0. The Hall–Kier alpha value is -2.00. The molecule has 0 radical (unpaired) electrons. The fourth-order valence-electron chi connectivity index (χ4n) is 3.52. The molecule has 0 aromatic heterocycles. The van der Waals surface area contributed by atoms with Gasteiger partial charge in [-0.1, -0.05) is 71.1 Å². The van der Waals surface area contributed by atoms with Crippen LogP contribution in [0.5, 0.6) is 0 Å². The molecule has 0 saturated carbocycles. The zero-order valence-corrected chi connectivity index (χ0v) is 18.8. The summed E-state index contributed by atoms with van der Waals surface area (Å²) in [6.45, 7) is 0.501. The van der Waals surface area contributed by atoms with Crippen molar-refractivity contribution in [1.82, 2.24) is 10.2 Å². The smallest absolute Gasteiger partial charge is 0.317 e. The lowest BCUT2D eigenvalue weighted by atomic mass is 10.0. The number of nitrogens with one attached hydrogen (secondary N) is 1. The number of ketones is 1. The van der Waals surface area contributed by atoms with Crippen molar-refractivity contribution in [2.24, 2.45) is 0 Å². The predicted molar refractivity (Wildman–Crippen MR) is 117 cm³/mol. The van der Waals surface area contributed by atoms with Gasteiger partial charge in [-0.3, -0.25) is 24.1 Å². The third kappa shape index (κ3) is 17.4. The highest BCUT2D eigenvalue weighted by molar-refractivity contribution is 5.85. The molecule has 0 saturated heterocycles. The highest BCUT2D eigenvalue weighted by Gasteiger charge is 2.28. The molecular weight excluding hydrogens is 404 g/mol. The summed E-state index contributed by atoms with van der Waals surface area (Å²) >= 11 is 0. The third-order valence-corrected chi connectivity index (χ3v) is 5.13. The van der Waals surface area contributed by atoms with Gasteiger partial charge in [0.2, 0.25) is 0 Å². The first-order valence-electron chi connectivity index (χ1n) is 11.4. The number of aliphatic carboxylic acids is 3. The van der Waals surface area contributed by atoms with E-state index in [0.29, 0.717) is 6.42 Å². The number of unbranched alkanes of at least 4 members (excludes halogenated alkanes) is 10. The van der Waals surface area contributed by atoms with E-state index in [1.165, 1.54) is 44.9 Å². The van der Waals surface area contributed by atoms with E-state index in [-0.39, 0.29) is 18.7 Å². The first-order valence-corrected chi connectivity index (χ1v) is 11.4. The lowest BCUT2D eigenvalue weighted by molar-refractivity contribution is -0.144. The number of carboxylic acid groups (broad SMARTS) is 3. The van der Waals surface area contributed by atoms with Crippen molar-refractivity contribution >= 4 is 23.7 Å². The van der Waals surface area contributed by atoms with Crippen LogP contribution < -0.4 is 5.32 Å². The van der Waals surface area contributed by atoms with Crippen LogP contribution in [0.15, 0.2) is 0 Å². The van der Waals surface area contributed by atoms with Gasteiger partial charge in [0.1, 0.15) is 0 Å². The first-order chi connectivity index (χ1) is 14.8. The van der Waals surface area contributed by atoms with Gasteiger partial charge in [-0.2, -0.15) is 0 Å². The van der Waals surface area contributed by atoms with Crippen LogP contribution in [0.1, 0.15) is 84.0 Å². The van der Waals surface area contributed by atoms with Crippen LogP contribution in [0.3, 0.4) is 0 Å². The van der Waals surface area contributed by atoms with Gasteiger partial charge >= 0.3 is 17.9 Å². The number of rotatable bonds is 22. The maximum absolute atomic E-state index is 12.7. The van der Waals surface area contributed by atoms with E-state index in [2.05, 4.69) is 12.2 Å². The zero-order chi connectivity index (χ0) is 23.5. The molecule has 0 aliphatic heterocycles. The van der Waals surface area contributed by atoms with Gasteiger partial charge < -0.3 is 20.6 Å². The second-order valence-corrected chi connectivity index (χ2v) is 7.98. The Morgan fingerprint density at radius 1 is 0.710 bits per heavy atom. The molecule has 0 fully saturated rings. The number of hydrogen-bond acceptors (Lipinski definition) is 6. The Labute approximate surface area is 185 Å². The summed E-state index contributed by atoms with van der Waals surface area (Å²) < 4.78 is 0. The summed E-state index contributed by atoms with van der Waals surface area (Å²) in [6, 6.07) is -0.991. The Kier molecular flexibility index (Phi) is 17.5. The average molecular weight is 445 g/mol. The molecule has 0 amide bonds. The van der Waals surface area contributed by atoms with E-state index in [0.717, 1.165) is 24.2 Å². The minimum atomic E-state index is -1.24. The molecular formula is C22H40N2O7. The van der Waals surface area contributed by atoms with Crippen molar-refractivity contribution in [1.29, 1.82) is 0 Å². The minimum absolute atomic E-state index is 0.107. The van der Waals surface area contributed by atoms with Crippen LogP contribution in [-0.4, -0.2) is 76.1 Å². The maximum atomic E-state index is 12.7. The van der Waals surface area contributed by atoms with Crippen LogP contribution in [0.4, 0.5) is 0 Å². The second-order valence-electron chi connectivity index (χ2n) is 7.98.